The van der Waals surface area contributed by atoms with Gasteiger partial charge in [0.1, 0.15) is 12.1 Å². The van der Waals surface area contributed by atoms with Crippen LogP contribution in [0.3, 0.4) is 0 Å². The van der Waals surface area contributed by atoms with Crippen molar-refractivity contribution in [1.82, 2.24) is 35.1 Å². The molecule has 1 amide bonds. The van der Waals surface area contributed by atoms with Gasteiger partial charge >= 0.3 is 0 Å². The third-order valence-electron chi connectivity index (χ3n) is 3.97. The van der Waals surface area contributed by atoms with Gasteiger partial charge in [-0.1, -0.05) is 12.1 Å². The summed E-state index contributed by atoms with van der Waals surface area (Å²) >= 11 is 0. The smallest absolute Gasteiger partial charge is 0.251 e. The Labute approximate surface area is 153 Å². The Hall–Kier alpha value is -3.88. The normalized spacial score (nSPS) is 10.7. The Morgan fingerprint density at radius 2 is 2.07 bits per heavy atom. The number of benzene rings is 2. The van der Waals surface area contributed by atoms with E-state index in [0.717, 1.165) is 0 Å². The van der Waals surface area contributed by atoms with Crippen molar-refractivity contribution >= 4 is 5.91 Å². The van der Waals surface area contributed by atoms with E-state index in [1.807, 2.05) is 0 Å². The van der Waals surface area contributed by atoms with Crippen LogP contribution in [0.25, 0.3) is 11.4 Å². The molecule has 0 saturated carbocycles. The Balaban J connectivity index is 1.45. The molecule has 0 unspecified atom stereocenters. The van der Waals surface area contributed by atoms with E-state index in [0.29, 0.717) is 22.5 Å². The second-order valence-corrected chi connectivity index (χ2v) is 5.74. The Kier molecular flexibility index (Phi) is 4.40. The van der Waals surface area contributed by atoms with Crippen molar-refractivity contribution in [2.24, 2.45) is 0 Å². The van der Waals surface area contributed by atoms with Gasteiger partial charge in [-0.25, -0.2) is 14.1 Å². The molecule has 134 valence electrons. The van der Waals surface area contributed by atoms with Gasteiger partial charge in [-0.2, -0.15) is 0 Å². The average molecular weight is 363 g/mol. The third-order valence-corrected chi connectivity index (χ3v) is 3.97. The van der Waals surface area contributed by atoms with Crippen molar-refractivity contribution in [3.63, 3.8) is 0 Å². The fraction of sp³-hybridized carbons (Fsp3) is 0.0556. The van der Waals surface area contributed by atoms with Gasteiger partial charge in [-0.05, 0) is 46.3 Å². The molecule has 0 aliphatic carbocycles. The number of carbonyl (C=O) groups is 1. The molecule has 0 saturated heterocycles. The van der Waals surface area contributed by atoms with E-state index in [9.17, 15) is 9.18 Å². The molecule has 8 nitrogen and oxygen atoms in total. The molecule has 0 atom stereocenters. The number of tetrazole rings is 1. The van der Waals surface area contributed by atoms with Gasteiger partial charge in [0.05, 0.1) is 17.7 Å². The lowest BCUT2D eigenvalue weighted by Crippen LogP contribution is -2.23. The van der Waals surface area contributed by atoms with E-state index >= 15 is 0 Å². The van der Waals surface area contributed by atoms with Gasteiger partial charge in [-0.3, -0.25) is 4.79 Å². The van der Waals surface area contributed by atoms with Gasteiger partial charge in [0.15, 0.2) is 0 Å². The average Bonchev–Trinajstić information content (AvgIpc) is 3.40. The summed E-state index contributed by atoms with van der Waals surface area (Å²) in [4.78, 5) is 16.3. The van der Waals surface area contributed by atoms with E-state index in [1.165, 1.54) is 23.4 Å². The predicted molar refractivity (Wildman–Crippen MR) is 93.8 cm³/mol. The molecule has 4 aromatic rings. The van der Waals surface area contributed by atoms with Crippen molar-refractivity contribution in [3.8, 4) is 11.4 Å². The minimum atomic E-state index is -0.388. The number of carbonyl (C=O) groups excluding carboxylic acids is 1. The summed E-state index contributed by atoms with van der Waals surface area (Å²) in [6.07, 6.45) is 6.22. The van der Waals surface area contributed by atoms with Crippen LogP contribution in [-0.4, -0.2) is 35.7 Å². The lowest BCUT2D eigenvalue weighted by Gasteiger charge is -2.09. The van der Waals surface area contributed by atoms with E-state index in [1.54, 1.807) is 53.4 Å². The molecule has 2 heterocycles. The van der Waals surface area contributed by atoms with Gasteiger partial charge in [0.25, 0.3) is 5.91 Å². The van der Waals surface area contributed by atoms with Crippen molar-refractivity contribution in [2.75, 3.05) is 0 Å². The first-order chi connectivity index (χ1) is 13.2. The van der Waals surface area contributed by atoms with Crippen molar-refractivity contribution in [3.05, 3.63) is 84.5 Å². The van der Waals surface area contributed by atoms with Crippen LogP contribution in [0.15, 0.2) is 67.5 Å². The van der Waals surface area contributed by atoms with Crippen LogP contribution in [0.2, 0.25) is 0 Å². The SMILES string of the molecule is O=C(NCc1ccc(-n2ccnc2)c(F)c1)c1cccc(-n2cnnn2)c1. The highest BCUT2D eigenvalue weighted by Gasteiger charge is 2.09. The molecule has 0 aliphatic heterocycles. The number of halogens is 1. The lowest BCUT2D eigenvalue weighted by atomic mass is 10.1. The number of hydrogen-bond acceptors (Lipinski definition) is 5. The molecule has 0 bridgehead atoms. The molecule has 1 N–H and O–H groups in total. The van der Waals surface area contributed by atoms with E-state index in [4.69, 9.17) is 0 Å². The van der Waals surface area contributed by atoms with Crippen LogP contribution in [-0.2, 0) is 6.54 Å². The number of aromatic nitrogens is 6. The monoisotopic (exact) mass is 363 g/mol. The molecule has 4 rings (SSSR count). The van der Waals surface area contributed by atoms with Gasteiger partial charge < -0.3 is 9.88 Å². The predicted octanol–water partition coefficient (Wildman–Crippen LogP) is 1.92. The van der Waals surface area contributed by atoms with E-state index in [2.05, 4.69) is 25.8 Å². The zero-order valence-corrected chi connectivity index (χ0v) is 14.0. The number of nitrogens with zero attached hydrogens (tertiary/aromatic N) is 6. The second-order valence-electron chi connectivity index (χ2n) is 5.74. The molecular formula is C18H14FN7O. The maximum atomic E-state index is 14.3. The van der Waals surface area contributed by atoms with Crippen LogP contribution < -0.4 is 5.32 Å². The van der Waals surface area contributed by atoms with E-state index in [-0.39, 0.29) is 18.3 Å². The first-order valence-corrected chi connectivity index (χ1v) is 8.09. The van der Waals surface area contributed by atoms with Crippen molar-refractivity contribution < 1.29 is 9.18 Å². The number of nitrogens with one attached hydrogen (secondary N) is 1. The van der Waals surface area contributed by atoms with Gasteiger partial charge in [-0.15, -0.1) is 5.10 Å². The molecule has 0 aliphatic rings. The molecule has 0 fully saturated rings. The number of amides is 1. The van der Waals surface area contributed by atoms with Crippen LogP contribution in [0.1, 0.15) is 15.9 Å². The zero-order chi connectivity index (χ0) is 18.6. The highest BCUT2D eigenvalue weighted by Crippen LogP contribution is 2.15. The molecular weight excluding hydrogens is 349 g/mol. The minimum Gasteiger partial charge on any atom is -0.348 e. The maximum Gasteiger partial charge on any atom is 0.251 e. The van der Waals surface area contributed by atoms with E-state index < -0.39 is 0 Å². The van der Waals surface area contributed by atoms with Gasteiger partial charge in [0, 0.05) is 24.5 Å². The topological polar surface area (TPSA) is 90.5 Å². The number of hydrogen-bond donors (Lipinski definition) is 1. The van der Waals surface area contributed by atoms with Crippen molar-refractivity contribution in [1.29, 1.82) is 0 Å². The Bertz CT molecular complexity index is 1060. The highest BCUT2D eigenvalue weighted by molar-refractivity contribution is 5.94. The summed E-state index contributed by atoms with van der Waals surface area (Å²) in [5.74, 6) is -0.663. The fourth-order valence-electron chi connectivity index (χ4n) is 2.63. The molecule has 27 heavy (non-hydrogen) atoms. The quantitative estimate of drug-likeness (QED) is 0.585. The van der Waals surface area contributed by atoms with Gasteiger partial charge in [0.2, 0.25) is 0 Å². The molecule has 2 aromatic heterocycles. The summed E-state index contributed by atoms with van der Waals surface area (Å²) in [7, 11) is 0. The zero-order valence-electron chi connectivity index (χ0n) is 14.0. The first kappa shape index (κ1) is 16.6. The third kappa shape index (κ3) is 3.56. The first-order valence-electron chi connectivity index (χ1n) is 8.09. The minimum absolute atomic E-state index is 0.203. The molecule has 2 aromatic carbocycles. The standard InChI is InChI=1S/C18H14FN7O/c19-16-8-13(4-5-17(16)25-7-6-20-11-25)10-21-18(27)14-2-1-3-15(9-14)26-12-22-23-24-26/h1-9,11-12H,10H2,(H,21,27). The molecule has 0 radical (unpaired) electrons. The number of rotatable bonds is 5. The lowest BCUT2D eigenvalue weighted by molar-refractivity contribution is 0.0951. The number of imidazole rings is 1. The summed E-state index contributed by atoms with van der Waals surface area (Å²) in [5.41, 5.74) is 2.18. The van der Waals surface area contributed by atoms with Crippen LogP contribution in [0, 0.1) is 5.82 Å². The fourth-order valence-corrected chi connectivity index (χ4v) is 2.63. The van der Waals surface area contributed by atoms with Crippen molar-refractivity contribution in [2.45, 2.75) is 6.54 Å². The molecule has 9 heteroatoms. The summed E-state index contributed by atoms with van der Waals surface area (Å²) in [6.45, 7) is 0.203. The van der Waals surface area contributed by atoms with Crippen LogP contribution in [0.5, 0.6) is 0 Å². The highest BCUT2D eigenvalue weighted by atomic mass is 19.1. The molecule has 0 spiro atoms. The summed E-state index contributed by atoms with van der Waals surface area (Å²) in [6, 6.07) is 11.7. The van der Waals surface area contributed by atoms with Crippen LogP contribution in [0.4, 0.5) is 4.39 Å². The Morgan fingerprint density at radius 3 is 2.81 bits per heavy atom. The van der Waals surface area contributed by atoms with Crippen LogP contribution >= 0.6 is 0 Å². The largest absolute Gasteiger partial charge is 0.348 e. The Morgan fingerprint density at radius 1 is 1.15 bits per heavy atom. The summed E-state index contributed by atoms with van der Waals surface area (Å²) in [5, 5.41) is 13.7. The summed E-state index contributed by atoms with van der Waals surface area (Å²) < 4.78 is 17.3. The second kappa shape index (κ2) is 7.16. The maximum absolute atomic E-state index is 14.3.